The first-order valence-corrected chi connectivity index (χ1v) is 6.58. The van der Waals surface area contributed by atoms with Crippen LogP contribution >= 0.6 is 0 Å². The lowest BCUT2D eigenvalue weighted by Gasteiger charge is -2.32. The minimum atomic E-state index is -2.54. The first-order valence-electron chi connectivity index (χ1n) is 6.58. The van der Waals surface area contributed by atoms with Gasteiger partial charge in [0.05, 0.1) is 11.2 Å². The zero-order valence-corrected chi connectivity index (χ0v) is 12.1. The summed E-state index contributed by atoms with van der Waals surface area (Å²) in [5.74, 6) is -0.155. The highest BCUT2D eigenvalue weighted by Gasteiger charge is 2.52. The van der Waals surface area contributed by atoms with Gasteiger partial charge < -0.3 is 14.4 Å². The molecular weight excluding hydrogens is 265 g/mol. The van der Waals surface area contributed by atoms with Gasteiger partial charge in [0, 0.05) is 6.42 Å². The lowest BCUT2D eigenvalue weighted by atomic mass is 9.75. The SMILES string of the molecule is CC1(C)OB(c2cccc(O)c2CC(F)F)OC1(C)C. The number of hydrogen-bond donors (Lipinski definition) is 1. The lowest BCUT2D eigenvalue weighted by molar-refractivity contribution is 0.00578. The summed E-state index contributed by atoms with van der Waals surface area (Å²) in [4.78, 5) is 0. The van der Waals surface area contributed by atoms with Crippen molar-refractivity contribution < 1.29 is 23.2 Å². The third-order valence-corrected chi connectivity index (χ3v) is 4.05. The summed E-state index contributed by atoms with van der Waals surface area (Å²) in [7, 11) is -0.749. The van der Waals surface area contributed by atoms with E-state index >= 15 is 0 Å². The average molecular weight is 284 g/mol. The van der Waals surface area contributed by atoms with Gasteiger partial charge in [0.1, 0.15) is 5.75 Å². The Morgan fingerprint density at radius 3 is 2.20 bits per heavy atom. The Balaban J connectivity index is 2.37. The largest absolute Gasteiger partial charge is 0.508 e. The summed E-state index contributed by atoms with van der Waals surface area (Å²) in [6.07, 6.45) is -3.06. The molecule has 0 atom stereocenters. The summed E-state index contributed by atoms with van der Waals surface area (Å²) < 4.78 is 37.1. The van der Waals surface area contributed by atoms with E-state index in [-0.39, 0.29) is 11.3 Å². The fraction of sp³-hybridized carbons (Fsp3) is 0.571. The third kappa shape index (κ3) is 2.67. The van der Waals surface area contributed by atoms with E-state index in [1.807, 2.05) is 27.7 Å². The van der Waals surface area contributed by atoms with Gasteiger partial charge in [-0.2, -0.15) is 0 Å². The molecular formula is C14H19BF2O3. The molecule has 1 heterocycles. The van der Waals surface area contributed by atoms with Crippen molar-refractivity contribution in [3.05, 3.63) is 23.8 Å². The zero-order valence-electron chi connectivity index (χ0n) is 12.1. The normalized spacial score (nSPS) is 20.6. The van der Waals surface area contributed by atoms with Crippen LogP contribution in [0.2, 0.25) is 0 Å². The quantitative estimate of drug-likeness (QED) is 0.867. The molecule has 0 amide bonds. The molecule has 2 rings (SSSR count). The van der Waals surface area contributed by atoms with Crippen molar-refractivity contribution >= 4 is 12.6 Å². The summed E-state index contributed by atoms with van der Waals surface area (Å²) in [6, 6.07) is 4.65. The number of rotatable bonds is 3. The number of benzene rings is 1. The summed E-state index contributed by atoms with van der Waals surface area (Å²) in [6.45, 7) is 7.57. The first-order chi connectivity index (χ1) is 9.14. The topological polar surface area (TPSA) is 38.7 Å². The van der Waals surface area contributed by atoms with Gasteiger partial charge in [-0.25, -0.2) is 8.78 Å². The second kappa shape index (κ2) is 5.00. The molecule has 1 aliphatic rings. The van der Waals surface area contributed by atoms with Gasteiger partial charge in [-0.15, -0.1) is 0 Å². The molecule has 0 saturated carbocycles. The molecule has 110 valence electrons. The molecule has 3 nitrogen and oxygen atoms in total. The Morgan fingerprint density at radius 2 is 1.70 bits per heavy atom. The highest BCUT2D eigenvalue weighted by Crippen LogP contribution is 2.37. The number of hydrogen-bond acceptors (Lipinski definition) is 3. The van der Waals surface area contributed by atoms with Crippen LogP contribution < -0.4 is 5.46 Å². The Morgan fingerprint density at radius 1 is 1.15 bits per heavy atom. The van der Waals surface area contributed by atoms with Gasteiger partial charge in [-0.1, -0.05) is 12.1 Å². The van der Waals surface area contributed by atoms with Crippen molar-refractivity contribution in [2.75, 3.05) is 0 Å². The minimum absolute atomic E-state index is 0.155. The number of phenols is 1. The van der Waals surface area contributed by atoms with Gasteiger partial charge >= 0.3 is 7.12 Å². The van der Waals surface area contributed by atoms with Crippen LogP contribution in [0.5, 0.6) is 5.75 Å². The maximum absolute atomic E-state index is 12.7. The molecule has 1 fully saturated rings. The van der Waals surface area contributed by atoms with Gasteiger partial charge in [0.15, 0.2) is 0 Å². The van der Waals surface area contributed by atoms with E-state index in [1.165, 1.54) is 6.07 Å². The third-order valence-electron chi connectivity index (χ3n) is 4.05. The van der Waals surface area contributed by atoms with E-state index in [0.29, 0.717) is 5.46 Å². The molecule has 20 heavy (non-hydrogen) atoms. The fourth-order valence-electron chi connectivity index (χ4n) is 2.16. The smallest absolute Gasteiger partial charge is 0.495 e. The standard InChI is InChI=1S/C14H19BF2O3/c1-13(2)14(3,4)20-15(19-13)10-6-5-7-11(18)9(10)8-12(16)17/h5-7,12,18H,8H2,1-4H3. The molecule has 1 saturated heterocycles. The fourth-order valence-corrected chi connectivity index (χ4v) is 2.16. The van der Waals surface area contributed by atoms with Crippen LogP contribution in [0.4, 0.5) is 8.78 Å². The van der Waals surface area contributed by atoms with Crippen molar-refractivity contribution in [1.82, 2.24) is 0 Å². The van der Waals surface area contributed by atoms with E-state index in [4.69, 9.17) is 9.31 Å². The molecule has 0 aliphatic carbocycles. The van der Waals surface area contributed by atoms with E-state index in [1.54, 1.807) is 12.1 Å². The molecule has 1 aromatic carbocycles. The van der Waals surface area contributed by atoms with Crippen molar-refractivity contribution in [1.29, 1.82) is 0 Å². The van der Waals surface area contributed by atoms with E-state index in [0.717, 1.165) is 0 Å². The van der Waals surface area contributed by atoms with Gasteiger partial charge in [-0.3, -0.25) is 0 Å². The lowest BCUT2D eigenvalue weighted by Crippen LogP contribution is -2.41. The molecule has 1 aromatic rings. The Kier molecular flexibility index (Phi) is 3.82. The Labute approximate surface area is 118 Å². The van der Waals surface area contributed by atoms with Crippen molar-refractivity contribution in [3.63, 3.8) is 0 Å². The summed E-state index contributed by atoms with van der Waals surface area (Å²) in [5, 5.41) is 9.82. The number of halogens is 2. The van der Waals surface area contributed by atoms with Crippen molar-refractivity contribution in [2.45, 2.75) is 51.7 Å². The molecule has 1 N–H and O–H groups in total. The van der Waals surface area contributed by atoms with E-state index in [2.05, 4.69) is 0 Å². The Bertz CT molecular complexity index is 487. The minimum Gasteiger partial charge on any atom is -0.508 e. The Hall–Kier alpha value is -1.14. The zero-order chi connectivity index (χ0) is 15.1. The molecule has 0 bridgehead atoms. The second-order valence-corrected chi connectivity index (χ2v) is 6.03. The first kappa shape index (κ1) is 15.3. The summed E-state index contributed by atoms with van der Waals surface area (Å²) >= 11 is 0. The molecule has 1 aliphatic heterocycles. The van der Waals surface area contributed by atoms with Crippen LogP contribution in [-0.2, 0) is 15.7 Å². The van der Waals surface area contributed by atoms with E-state index < -0.39 is 31.2 Å². The predicted molar refractivity (Wildman–Crippen MR) is 73.5 cm³/mol. The van der Waals surface area contributed by atoms with Gasteiger partial charge in [0.25, 0.3) is 0 Å². The molecule has 6 heteroatoms. The number of aromatic hydroxyl groups is 1. The predicted octanol–water partition coefficient (Wildman–Crippen LogP) is 2.50. The molecule has 0 radical (unpaired) electrons. The molecule has 0 aromatic heterocycles. The average Bonchev–Trinajstić information content (AvgIpc) is 2.50. The van der Waals surface area contributed by atoms with Crippen LogP contribution in [0.1, 0.15) is 33.3 Å². The molecule has 0 unspecified atom stereocenters. The van der Waals surface area contributed by atoms with Crippen LogP contribution in [0.25, 0.3) is 0 Å². The number of phenolic OH excluding ortho intramolecular Hbond substituents is 1. The van der Waals surface area contributed by atoms with Crippen LogP contribution in [0, 0.1) is 0 Å². The maximum Gasteiger partial charge on any atom is 0.495 e. The van der Waals surface area contributed by atoms with Crippen LogP contribution in [-0.4, -0.2) is 29.9 Å². The number of alkyl halides is 2. The van der Waals surface area contributed by atoms with Crippen LogP contribution in [0.15, 0.2) is 18.2 Å². The van der Waals surface area contributed by atoms with Crippen molar-refractivity contribution in [3.8, 4) is 5.75 Å². The van der Waals surface area contributed by atoms with E-state index in [9.17, 15) is 13.9 Å². The molecule has 0 spiro atoms. The summed E-state index contributed by atoms with van der Waals surface area (Å²) in [5.41, 5.74) is -0.457. The highest BCUT2D eigenvalue weighted by molar-refractivity contribution is 6.62. The second-order valence-electron chi connectivity index (χ2n) is 6.03. The van der Waals surface area contributed by atoms with Gasteiger partial charge in [-0.05, 0) is 44.8 Å². The van der Waals surface area contributed by atoms with Crippen molar-refractivity contribution in [2.24, 2.45) is 0 Å². The van der Waals surface area contributed by atoms with Crippen LogP contribution in [0.3, 0.4) is 0 Å². The van der Waals surface area contributed by atoms with Gasteiger partial charge in [0.2, 0.25) is 6.43 Å². The maximum atomic E-state index is 12.7. The monoisotopic (exact) mass is 284 g/mol. The highest BCUT2D eigenvalue weighted by atomic mass is 19.3.